The summed E-state index contributed by atoms with van der Waals surface area (Å²) in [5.74, 6) is 0.532. The number of methoxy groups -OCH3 is 1. The van der Waals surface area contributed by atoms with E-state index in [1.54, 1.807) is 7.11 Å². The Labute approximate surface area is 112 Å². The molecule has 0 saturated heterocycles. The minimum Gasteiger partial charge on any atom is -0.385 e. The lowest BCUT2D eigenvalue weighted by Gasteiger charge is -2.07. The van der Waals surface area contributed by atoms with Gasteiger partial charge < -0.3 is 15.0 Å². The third-order valence-electron chi connectivity index (χ3n) is 2.98. The van der Waals surface area contributed by atoms with Crippen LogP contribution in [0, 0.1) is 0 Å². The zero-order valence-electron chi connectivity index (χ0n) is 10.5. The van der Waals surface area contributed by atoms with Crippen molar-refractivity contribution in [2.24, 2.45) is 0 Å². The Hall–Kier alpha value is -1.26. The molecule has 0 bridgehead atoms. The standard InChI is InChI=1S/C13H18ClN3O/c1-18-9-4-2-3-8-17-12-10(14)6-5-7-11(12)16-13(17)15/h5-7H,2-4,8-9H2,1H3,(H2,15,16). The molecule has 2 aromatic rings. The molecule has 0 aliphatic carbocycles. The monoisotopic (exact) mass is 267 g/mol. The zero-order valence-corrected chi connectivity index (χ0v) is 11.3. The number of nitrogen functional groups attached to an aromatic ring is 1. The van der Waals surface area contributed by atoms with Gasteiger partial charge in [-0.3, -0.25) is 0 Å². The normalized spacial score (nSPS) is 11.2. The van der Waals surface area contributed by atoms with Gasteiger partial charge in [0, 0.05) is 20.3 Å². The number of aryl methyl sites for hydroxylation is 1. The van der Waals surface area contributed by atoms with Crippen LogP contribution < -0.4 is 5.73 Å². The summed E-state index contributed by atoms with van der Waals surface area (Å²) in [4.78, 5) is 4.32. The number of nitrogens with zero attached hydrogens (tertiary/aromatic N) is 2. The quantitative estimate of drug-likeness (QED) is 0.819. The van der Waals surface area contributed by atoms with Gasteiger partial charge in [0.15, 0.2) is 0 Å². The lowest BCUT2D eigenvalue weighted by molar-refractivity contribution is 0.191. The molecular weight excluding hydrogens is 250 g/mol. The second kappa shape index (κ2) is 6.07. The van der Waals surface area contributed by atoms with Crippen LogP contribution in [0.1, 0.15) is 19.3 Å². The number of hydrogen-bond acceptors (Lipinski definition) is 3. The van der Waals surface area contributed by atoms with E-state index in [9.17, 15) is 0 Å². The highest BCUT2D eigenvalue weighted by Crippen LogP contribution is 2.25. The van der Waals surface area contributed by atoms with E-state index in [4.69, 9.17) is 22.1 Å². The average molecular weight is 268 g/mol. The van der Waals surface area contributed by atoms with Gasteiger partial charge in [0.25, 0.3) is 0 Å². The molecule has 1 heterocycles. The van der Waals surface area contributed by atoms with Crippen molar-refractivity contribution in [3.63, 3.8) is 0 Å². The van der Waals surface area contributed by atoms with Crippen molar-refractivity contribution in [2.75, 3.05) is 19.5 Å². The number of benzene rings is 1. The number of hydrogen-bond donors (Lipinski definition) is 1. The van der Waals surface area contributed by atoms with E-state index in [0.717, 1.165) is 43.4 Å². The van der Waals surface area contributed by atoms with Gasteiger partial charge in [-0.2, -0.15) is 0 Å². The number of rotatable bonds is 6. The van der Waals surface area contributed by atoms with E-state index < -0.39 is 0 Å². The molecule has 4 nitrogen and oxygen atoms in total. The minimum atomic E-state index is 0.532. The molecule has 0 unspecified atom stereocenters. The fourth-order valence-corrected chi connectivity index (χ4v) is 2.35. The van der Waals surface area contributed by atoms with Crippen LogP contribution in [-0.4, -0.2) is 23.3 Å². The number of fused-ring (bicyclic) bond motifs is 1. The van der Waals surface area contributed by atoms with Gasteiger partial charge >= 0.3 is 0 Å². The Morgan fingerprint density at radius 1 is 1.33 bits per heavy atom. The SMILES string of the molecule is COCCCCCn1c(N)nc2cccc(Cl)c21. The maximum atomic E-state index is 6.20. The first-order valence-corrected chi connectivity index (χ1v) is 6.51. The molecule has 0 aliphatic heterocycles. The summed E-state index contributed by atoms with van der Waals surface area (Å²) in [7, 11) is 1.72. The van der Waals surface area contributed by atoms with Crippen LogP contribution in [0.5, 0.6) is 0 Å². The van der Waals surface area contributed by atoms with Gasteiger partial charge in [-0.1, -0.05) is 17.7 Å². The highest BCUT2D eigenvalue weighted by atomic mass is 35.5. The molecule has 0 amide bonds. The number of ether oxygens (including phenoxy) is 1. The third-order valence-corrected chi connectivity index (χ3v) is 3.28. The highest BCUT2D eigenvalue weighted by molar-refractivity contribution is 6.35. The van der Waals surface area contributed by atoms with Gasteiger partial charge in [0.2, 0.25) is 5.95 Å². The number of para-hydroxylation sites is 1. The molecule has 0 fully saturated rings. The summed E-state index contributed by atoms with van der Waals surface area (Å²) in [6, 6.07) is 5.69. The first-order chi connectivity index (χ1) is 8.74. The topological polar surface area (TPSA) is 53.1 Å². The number of aromatic nitrogens is 2. The summed E-state index contributed by atoms with van der Waals surface area (Å²) in [5.41, 5.74) is 7.72. The summed E-state index contributed by atoms with van der Waals surface area (Å²) in [5, 5.41) is 0.702. The Morgan fingerprint density at radius 3 is 2.94 bits per heavy atom. The second-order valence-electron chi connectivity index (χ2n) is 4.28. The number of anilines is 1. The molecule has 0 spiro atoms. The predicted octanol–water partition coefficient (Wildman–Crippen LogP) is 3.09. The van der Waals surface area contributed by atoms with Crippen LogP contribution >= 0.6 is 11.6 Å². The van der Waals surface area contributed by atoms with Gasteiger partial charge in [0.1, 0.15) is 0 Å². The fourth-order valence-electron chi connectivity index (χ4n) is 2.08. The molecule has 2 rings (SSSR count). The first-order valence-electron chi connectivity index (χ1n) is 6.13. The van der Waals surface area contributed by atoms with E-state index in [1.165, 1.54) is 0 Å². The van der Waals surface area contributed by atoms with Crippen molar-refractivity contribution in [2.45, 2.75) is 25.8 Å². The maximum absolute atomic E-state index is 6.20. The van der Waals surface area contributed by atoms with Crippen molar-refractivity contribution in [3.8, 4) is 0 Å². The fraction of sp³-hybridized carbons (Fsp3) is 0.462. The van der Waals surface area contributed by atoms with Crippen molar-refractivity contribution in [1.29, 1.82) is 0 Å². The Bertz CT molecular complexity index is 524. The molecule has 0 saturated carbocycles. The van der Waals surface area contributed by atoms with E-state index in [2.05, 4.69) is 4.98 Å². The van der Waals surface area contributed by atoms with Crippen LogP contribution in [0.4, 0.5) is 5.95 Å². The lowest BCUT2D eigenvalue weighted by atomic mass is 10.2. The molecule has 0 atom stereocenters. The summed E-state index contributed by atoms with van der Waals surface area (Å²) in [6.45, 7) is 1.65. The summed E-state index contributed by atoms with van der Waals surface area (Å²) in [6.07, 6.45) is 3.22. The zero-order chi connectivity index (χ0) is 13.0. The third kappa shape index (κ3) is 2.76. The highest BCUT2D eigenvalue weighted by Gasteiger charge is 2.10. The van der Waals surface area contributed by atoms with E-state index in [1.807, 2.05) is 22.8 Å². The molecule has 0 aliphatic rings. The van der Waals surface area contributed by atoms with Crippen LogP contribution in [-0.2, 0) is 11.3 Å². The predicted molar refractivity (Wildman–Crippen MR) is 74.9 cm³/mol. The second-order valence-corrected chi connectivity index (χ2v) is 4.69. The van der Waals surface area contributed by atoms with Crippen molar-refractivity contribution in [3.05, 3.63) is 23.2 Å². The molecule has 1 aromatic heterocycles. The molecule has 1 aromatic carbocycles. The van der Waals surface area contributed by atoms with E-state index >= 15 is 0 Å². The van der Waals surface area contributed by atoms with Crippen LogP contribution in [0.25, 0.3) is 11.0 Å². The Balaban J connectivity index is 2.10. The Kier molecular flexibility index (Phi) is 4.44. The van der Waals surface area contributed by atoms with E-state index in [-0.39, 0.29) is 0 Å². The minimum absolute atomic E-state index is 0.532. The smallest absolute Gasteiger partial charge is 0.201 e. The van der Waals surface area contributed by atoms with Crippen LogP contribution in [0.3, 0.4) is 0 Å². The van der Waals surface area contributed by atoms with Crippen LogP contribution in [0.15, 0.2) is 18.2 Å². The van der Waals surface area contributed by atoms with Crippen molar-refractivity contribution in [1.82, 2.24) is 9.55 Å². The van der Waals surface area contributed by atoms with Gasteiger partial charge in [-0.25, -0.2) is 4.98 Å². The number of halogens is 1. The van der Waals surface area contributed by atoms with Crippen molar-refractivity contribution >= 4 is 28.6 Å². The number of imidazole rings is 1. The maximum Gasteiger partial charge on any atom is 0.201 e. The molecule has 5 heteroatoms. The molecule has 2 N–H and O–H groups in total. The summed E-state index contributed by atoms with van der Waals surface area (Å²) >= 11 is 6.20. The summed E-state index contributed by atoms with van der Waals surface area (Å²) < 4.78 is 7.02. The molecule has 0 radical (unpaired) electrons. The van der Waals surface area contributed by atoms with Gasteiger partial charge in [-0.05, 0) is 31.4 Å². The number of nitrogens with two attached hydrogens (primary N) is 1. The van der Waals surface area contributed by atoms with Gasteiger partial charge in [-0.15, -0.1) is 0 Å². The van der Waals surface area contributed by atoms with Gasteiger partial charge in [0.05, 0.1) is 16.1 Å². The average Bonchev–Trinajstić information content (AvgIpc) is 2.67. The molecule has 98 valence electrons. The molecule has 18 heavy (non-hydrogen) atoms. The molecular formula is C13H18ClN3O. The Morgan fingerprint density at radius 2 is 2.17 bits per heavy atom. The largest absolute Gasteiger partial charge is 0.385 e. The lowest BCUT2D eigenvalue weighted by Crippen LogP contribution is -2.04. The van der Waals surface area contributed by atoms with E-state index in [0.29, 0.717) is 11.0 Å². The number of unbranched alkanes of at least 4 members (excludes halogenated alkanes) is 2. The van der Waals surface area contributed by atoms with Crippen molar-refractivity contribution < 1.29 is 4.74 Å². The van der Waals surface area contributed by atoms with Crippen LogP contribution in [0.2, 0.25) is 5.02 Å². The first kappa shape index (κ1) is 13.2.